The largest absolute Gasteiger partial charge is 0.478 e. The first-order valence-corrected chi connectivity index (χ1v) is 19.3. The van der Waals surface area contributed by atoms with Crippen molar-refractivity contribution in [3.8, 4) is 28.5 Å². The molecule has 2 N–H and O–H groups in total. The zero-order valence-electron chi connectivity index (χ0n) is 31.6. The highest BCUT2D eigenvalue weighted by molar-refractivity contribution is 6.30. The summed E-state index contributed by atoms with van der Waals surface area (Å²) in [5, 5.41) is 24.8. The maximum absolute atomic E-state index is 11.8. The van der Waals surface area contributed by atoms with Crippen LogP contribution < -0.4 is 4.74 Å². The average molecular weight is 807 g/mol. The number of carboxylic acid groups (broad SMARTS) is 1. The Kier molecular flexibility index (Phi) is 14.4. The molecule has 1 aliphatic rings. The minimum absolute atomic E-state index is 0. The molecule has 13 heteroatoms. The van der Waals surface area contributed by atoms with Gasteiger partial charge in [-0.1, -0.05) is 115 Å². The number of carbonyl (C=O) groups is 1. The highest BCUT2D eigenvalue weighted by Gasteiger charge is 2.20. The van der Waals surface area contributed by atoms with Gasteiger partial charge >= 0.3 is 5.97 Å². The van der Waals surface area contributed by atoms with Gasteiger partial charge in [-0.05, 0) is 90.2 Å². The number of nitrogens with one attached hydrogen (secondary N) is 1. The molecule has 57 heavy (non-hydrogen) atoms. The molecular formula is C44H45Cl2N7O4. The van der Waals surface area contributed by atoms with E-state index >= 15 is 0 Å². The van der Waals surface area contributed by atoms with E-state index in [1.165, 1.54) is 37.9 Å². The van der Waals surface area contributed by atoms with Crippen molar-refractivity contribution in [3.63, 3.8) is 0 Å². The Labute approximate surface area is 343 Å². The molecule has 1 unspecified atom stereocenters. The molecule has 5 aromatic carbocycles. The number of piperidine rings is 1. The number of carboxylic acids is 1. The summed E-state index contributed by atoms with van der Waals surface area (Å²) in [5.41, 5.74) is 7.52. The smallest absolute Gasteiger partial charge is 0.337 e. The molecule has 0 spiro atoms. The molecule has 8 rings (SSSR count). The number of para-hydroxylation sites is 1. The summed E-state index contributed by atoms with van der Waals surface area (Å²) in [6.45, 7) is 6.90. The van der Waals surface area contributed by atoms with Crippen LogP contribution in [-0.4, -0.2) is 79.0 Å². The number of hydrogen-bond donors (Lipinski definition) is 2. The van der Waals surface area contributed by atoms with Crippen molar-refractivity contribution in [2.45, 2.75) is 38.8 Å². The molecule has 1 fully saturated rings. The van der Waals surface area contributed by atoms with Gasteiger partial charge in [0.2, 0.25) is 5.82 Å². The number of fused-ring (bicyclic) bond motifs is 1. The minimum atomic E-state index is -1.00. The molecule has 1 aliphatic heterocycles. The SMILES string of the molecule is CCOc1nc2cccc(C(=O)O)c2n1Cc1ccc(-c2ccccc2-c2nn[nH]n2)cc1.Cl.Clc1ccc(C(OCCN2CCCCC2)c2ccccc2)cc1. The third kappa shape index (κ3) is 10.2. The Bertz CT molecular complexity index is 2310. The van der Waals surface area contributed by atoms with Gasteiger partial charge in [-0.3, -0.25) is 4.57 Å². The number of imidazole rings is 1. The van der Waals surface area contributed by atoms with Gasteiger partial charge in [0.05, 0.1) is 36.4 Å². The topological polar surface area (TPSA) is 131 Å². The zero-order chi connectivity index (χ0) is 38.7. The van der Waals surface area contributed by atoms with E-state index in [0.29, 0.717) is 36.0 Å². The fourth-order valence-corrected chi connectivity index (χ4v) is 7.16. The van der Waals surface area contributed by atoms with E-state index in [2.05, 4.69) is 66.9 Å². The number of rotatable bonds is 13. The van der Waals surface area contributed by atoms with Crippen LogP contribution in [0.2, 0.25) is 5.02 Å². The Morgan fingerprint density at radius 3 is 2.23 bits per heavy atom. The van der Waals surface area contributed by atoms with E-state index in [4.69, 9.17) is 21.1 Å². The molecule has 2 aromatic heterocycles. The number of aromatic carboxylic acids is 1. The molecule has 0 amide bonds. The van der Waals surface area contributed by atoms with Gasteiger partial charge in [-0.15, -0.1) is 22.6 Å². The lowest BCUT2D eigenvalue weighted by Crippen LogP contribution is -2.33. The number of hydrogen-bond acceptors (Lipinski definition) is 8. The summed E-state index contributed by atoms with van der Waals surface area (Å²) in [5.74, 6) is -0.472. The van der Waals surface area contributed by atoms with E-state index in [1.807, 2.05) is 78.2 Å². The number of ether oxygens (including phenoxy) is 2. The first kappa shape index (κ1) is 41.1. The standard InChI is InChI=1S/C24H20N6O3.C20H24ClNO.ClH/c1-2-33-24-25-20-9-5-8-19(23(31)32)21(20)30(24)14-15-10-12-16(13-11-15)17-6-3-4-7-18(17)22-26-28-29-27-22;21-19-11-9-18(10-12-19)20(17-7-3-1-4-8-17)23-16-15-22-13-5-2-6-14-22;/h3-13H,2,14H2,1H3,(H,31,32)(H,26,27,28,29);1,3-4,7-12,20H,2,5-6,13-16H2;1H. The maximum Gasteiger partial charge on any atom is 0.337 e. The van der Waals surface area contributed by atoms with E-state index < -0.39 is 5.97 Å². The van der Waals surface area contributed by atoms with Crippen molar-refractivity contribution in [2.24, 2.45) is 0 Å². The van der Waals surface area contributed by atoms with E-state index in [1.54, 1.807) is 18.2 Å². The normalized spacial score (nSPS) is 13.3. The predicted octanol–water partition coefficient (Wildman–Crippen LogP) is 9.38. The fraction of sp³-hybridized carbons (Fsp3) is 0.250. The summed E-state index contributed by atoms with van der Waals surface area (Å²) in [6, 6.07) is 39.8. The molecule has 0 bridgehead atoms. The summed E-state index contributed by atoms with van der Waals surface area (Å²) in [6.07, 6.45) is 3.98. The van der Waals surface area contributed by atoms with Crippen LogP contribution >= 0.6 is 24.0 Å². The lowest BCUT2D eigenvalue weighted by molar-refractivity contribution is 0.0557. The second-order valence-electron chi connectivity index (χ2n) is 13.5. The van der Waals surface area contributed by atoms with Crippen LogP contribution in [0.5, 0.6) is 6.01 Å². The number of halogens is 2. The van der Waals surface area contributed by atoms with Crippen molar-refractivity contribution in [1.82, 2.24) is 35.1 Å². The number of benzene rings is 5. The van der Waals surface area contributed by atoms with Gasteiger partial charge in [0, 0.05) is 17.1 Å². The lowest BCUT2D eigenvalue weighted by atomic mass is 9.98. The Hall–Kier alpha value is -5.59. The quantitative estimate of drug-likeness (QED) is 0.117. The molecule has 294 valence electrons. The minimum Gasteiger partial charge on any atom is -0.478 e. The van der Waals surface area contributed by atoms with Crippen molar-refractivity contribution in [3.05, 3.63) is 149 Å². The van der Waals surface area contributed by atoms with Crippen molar-refractivity contribution in [1.29, 1.82) is 0 Å². The van der Waals surface area contributed by atoms with E-state index in [-0.39, 0.29) is 24.1 Å². The fourth-order valence-electron chi connectivity index (χ4n) is 7.03. The molecule has 0 aliphatic carbocycles. The highest BCUT2D eigenvalue weighted by atomic mass is 35.5. The zero-order valence-corrected chi connectivity index (χ0v) is 33.2. The molecular weight excluding hydrogens is 761 g/mol. The van der Waals surface area contributed by atoms with E-state index in [9.17, 15) is 9.90 Å². The third-order valence-electron chi connectivity index (χ3n) is 9.77. The molecule has 3 heterocycles. The van der Waals surface area contributed by atoms with Gasteiger partial charge in [0.15, 0.2) is 0 Å². The summed E-state index contributed by atoms with van der Waals surface area (Å²) in [4.78, 5) is 18.8. The summed E-state index contributed by atoms with van der Waals surface area (Å²) < 4.78 is 13.8. The Morgan fingerprint density at radius 1 is 0.842 bits per heavy atom. The number of H-pyrrole nitrogens is 1. The lowest BCUT2D eigenvalue weighted by Gasteiger charge is -2.27. The van der Waals surface area contributed by atoms with Crippen LogP contribution in [0.3, 0.4) is 0 Å². The van der Waals surface area contributed by atoms with Gasteiger partial charge in [-0.2, -0.15) is 10.2 Å². The Balaban J connectivity index is 0.000000202. The van der Waals surface area contributed by atoms with Crippen LogP contribution in [0.15, 0.2) is 121 Å². The first-order chi connectivity index (χ1) is 27.5. The van der Waals surface area contributed by atoms with Gasteiger partial charge in [-0.25, -0.2) is 4.79 Å². The van der Waals surface area contributed by atoms with Crippen LogP contribution in [0.25, 0.3) is 33.5 Å². The summed E-state index contributed by atoms with van der Waals surface area (Å²) in [7, 11) is 0. The average Bonchev–Trinajstić information content (AvgIpc) is 3.90. The van der Waals surface area contributed by atoms with Gasteiger partial charge in [0.1, 0.15) is 6.10 Å². The number of likely N-dealkylation sites (tertiary alicyclic amines) is 1. The van der Waals surface area contributed by atoms with Gasteiger partial charge in [0.25, 0.3) is 6.01 Å². The van der Waals surface area contributed by atoms with Crippen LogP contribution in [0.1, 0.15) is 59.3 Å². The third-order valence-corrected chi connectivity index (χ3v) is 10.0. The molecule has 0 saturated carbocycles. The second-order valence-corrected chi connectivity index (χ2v) is 13.9. The van der Waals surface area contributed by atoms with Crippen molar-refractivity contribution >= 4 is 41.0 Å². The number of aromatic amines is 1. The molecule has 1 saturated heterocycles. The second kappa shape index (κ2) is 20.0. The number of aromatic nitrogens is 6. The van der Waals surface area contributed by atoms with Crippen molar-refractivity contribution < 1.29 is 19.4 Å². The molecule has 1 atom stereocenters. The highest BCUT2D eigenvalue weighted by Crippen LogP contribution is 2.31. The molecule has 11 nitrogen and oxygen atoms in total. The molecule has 0 radical (unpaired) electrons. The van der Waals surface area contributed by atoms with E-state index in [0.717, 1.165) is 46.0 Å². The number of tetrazole rings is 1. The van der Waals surface area contributed by atoms with Gasteiger partial charge < -0.3 is 19.5 Å². The van der Waals surface area contributed by atoms with Crippen LogP contribution in [0, 0.1) is 0 Å². The van der Waals surface area contributed by atoms with Crippen molar-refractivity contribution in [2.75, 3.05) is 32.8 Å². The number of nitrogens with zero attached hydrogens (tertiary/aromatic N) is 6. The predicted molar refractivity (Wildman–Crippen MR) is 225 cm³/mol. The van der Waals surface area contributed by atoms with Crippen LogP contribution in [-0.2, 0) is 11.3 Å². The Morgan fingerprint density at radius 2 is 1.54 bits per heavy atom. The maximum atomic E-state index is 11.8. The monoisotopic (exact) mass is 805 g/mol. The summed E-state index contributed by atoms with van der Waals surface area (Å²) >= 11 is 6.02. The first-order valence-electron chi connectivity index (χ1n) is 18.9. The van der Waals surface area contributed by atoms with Crippen LogP contribution in [0.4, 0.5) is 0 Å². The molecule has 7 aromatic rings.